The molecule has 0 aliphatic carbocycles. The van der Waals surface area contributed by atoms with Crippen LogP contribution in [-0.4, -0.2) is 20.7 Å². The van der Waals surface area contributed by atoms with Crippen LogP contribution in [0.2, 0.25) is 10.2 Å². The lowest BCUT2D eigenvalue weighted by atomic mass is 10.2. The summed E-state index contributed by atoms with van der Waals surface area (Å²) in [5.74, 6) is -0.271. The summed E-state index contributed by atoms with van der Waals surface area (Å²) in [7, 11) is 0. The highest BCUT2D eigenvalue weighted by Crippen LogP contribution is 2.24. The van der Waals surface area contributed by atoms with Gasteiger partial charge in [-0.15, -0.1) is 11.3 Å². The van der Waals surface area contributed by atoms with Gasteiger partial charge in [-0.1, -0.05) is 53.5 Å². The second-order valence-electron chi connectivity index (χ2n) is 6.26. The van der Waals surface area contributed by atoms with Crippen LogP contribution in [0.3, 0.4) is 0 Å². The number of nitrogens with one attached hydrogen (secondary N) is 1. The van der Waals surface area contributed by atoms with Crippen LogP contribution in [0.25, 0.3) is 10.2 Å². The Morgan fingerprint density at radius 3 is 2.68 bits per heavy atom. The minimum absolute atomic E-state index is 0.271. The first-order valence-corrected chi connectivity index (χ1v) is 10.2. The number of thiazole rings is 1. The van der Waals surface area contributed by atoms with Crippen LogP contribution in [0.1, 0.15) is 26.6 Å². The van der Waals surface area contributed by atoms with Gasteiger partial charge in [0.1, 0.15) is 10.2 Å². The number of para-hydroxylation sites is 1. The molecule has 0 atom stereocenters. The molecule has 4 aromatic rings. The van der Waals surface area contributed by atoms with Gasteiger partial charge < -0.3 is 5.32 Å². The first kappa shape index (κ1) is 18.9. The van der Waals surface area contributed by atoms with Crippen molar-refractivity contribution in [1.29, 1.82) is 0 Å². The highest BCUT2D eigenvalue weighted by Gasteiger charge is 2.21. The molecule has 1 amide bonds. The summed E-state index contributed by atoms with van der Waals surface area (Å²) >= 11 is 14.2. The molecule has 142 valence electrons. The van der Waals surface area contributed by atoms with Gasteiger partial charge in [-0.05, 0) is 30.7 Å². The number of carbonyl (C=O) groups is 1. The average molecular weight is 431 g/mol. The van der Waals surface area contributed by atoms with Crippen molar-refractivity contribution in [2.45, 2.75) is 20.0 Å². The molecule has 0 saturated heterocycles. The summed E-state index contributed by atoms with van der Waals surface area (Å²) in [4.78, 5) is 17.2. The molecule has 1 N–H and O–H groups in total. The summed E-state index contributed by atoms with van der Waals surface area (Å²) in [6.07, 6.45) is 0. The molecule has 2 aromatic heterocycles. The van der Waals surface area contributed by atoms with Crippen LogP contribution in [0.5, 0.6) is 0 Å². The number of fused-ring (bicyclic) bond motifs is 1. The SMILES string of the molecule is Cc1nn(Cc2ccccc2Cl)c(Cl)c1C(=O)NCc1nc2ccccc2s1. The van der Waals surface area contributed by atoms with E-state index >= 15 is 0 Å². The summed E-state index contributed by atoms with van der Waals surface area (Å²) in [5, 5.41) is 9.06. The largest absolute Gasteiger partial charge is 0.345 e. The predicted molar refractivity (Wildman–Crippen MR) is 113 cm³/mol. The first-order chi connectivity index (χ1) is 13.5. The van der Waals surface area contributed by atoms with Gasteiger partial charge in [0.25, 0.3) is 5.91 Å². The zero-order valence-electron chi connectivity index (χ0n) is 14.9. The zero-order valence-corrected chi connectivity index (χ0v) is 17.3. The normalized spacial score (nSPS) is 11.1. The lowest BCUT2D eigenvalue weighted by Gasteiger charge is -2.06. The van der Waals surface area contributed by atoms with E-state index in [-0.39, 0.29) is 5.91 Å². The lowest BCUT2D eigenvalue weighted by molar-refractivity contribution is 0.0950. The van der Waals surface area contributed by atoms with Gasteiger partial charge in [0.15, 0.2) is 0 Å². The van der Waals surface area contributed by atoms with Gasteiger partial charge in [0, 0.05) is 5.02 Å². The van der Waals surface area contributed by atoms with Crippen molar-refractivity contribution in [3.05, 3.63) is 80.5 Å². The molecule has 28 heavy (non-hydrogen) atoms. The predicted octanol–water partition coefficient (Wildman–Crippen LogP) is 5.09. The lowest BCUT2D eigenvalue weighted by Crippen LogP contribution is -2.23. The van der Waals surface area contributed by atoms with Crippen molar-refractivity contribution >= 4 is 50.7 Å². The molecular weight excluding hydrogens is 415 g/mol. The molecule has 2 heterocycles. The number of aryl methyl sites for hydroxylation is 1. The van der Waals surface area contributed by atoms with Gasteiger partial charge in [0.05, 0.1) is 34.6 Å². The fourth-order valence-electron chi connectivity index (χ4n) is 2.94. The van der Waals surface area contributed by atoms with Gasteiger partial charge in [0.2, 0.25) is 0 Å². The third kappa shape index (κ3) is 3.76. The van der Waals surface area contributed by atoms with Crippen molar-refractivity contribution in [3.63, 3.8) is 0 Å². The Morgan fingerprint density at radius 1 is 1.14 bits per heavy atom. The van der Waals surface area contributed by atoms with Crippen LogP contribution in [0.4, 0.5) is 0 Å². The molecule has 0 radical (unpaired) electrons. The maximum absolute atomic E-state index is 12.7. The van der Waals surface area contributed by atoms with E-state index in [4.69, 9.17) is 23.2 Å². The Morgan fingerprint density at radius 2 is 1.89 bits per heavy atom. The summed E-state index contributed by atoms with van der Waals surface area (Å²) in [5.41, 5.74) is 2.75. The van der Waals surface area contributed by atoms with Crippen LogP contribution < -0.4 is 5.32 Å². The topological polar surface area (TPSA) is 59.8 Å². The standard InChI is InChI=1S/C20H16Cl2N4OS/c1-12-18(19(22)26(25-12)11-13-6-2-3-7-14(13)21)20(27)23-10-17-24-15-8-4-5-9-16(15)28-17/h2-9H,10-11H2,1H3,(H,23,27). The fourth-order valence-corrected chi connectivity index (χ4v) is 4.37. The van der Waals surface area contributed by atoms with E-state index in [1.807, 2.05) is 48.5 Å². The van der Waals surface area contributed by atoms with Crippen LogP contribution in [0.15, 0.2) is 48.5 Å². The molecular formula is C20H16Cl2N4OS. The molecule has 4 rings (SSSR count). The quantitative estimate of drug-likeness (QED) is 0.479. The minimum Gasteiger partial charge on any atom is -0.345 e. The molecule has 0 aliphatic rings. The van der Waals surface area contributed by atoms with E-state index in [0.29, 0.717) is 34.5 Å². The number of amides is 1. The van der Waals surface area contributed by atoms with Crippen molar-refractivity contribution in [2.24, 2.45) is 0 Å². The summed E-state index contributed by atoms with van der Waals surface area (Å²) < 4.78 is 2.68. The minimum atomic E-state index is -0.271. The number of hydrogen-bond donors (Lipinski definition) is 1. The summed E-state index contributed by atoms with van der Waals surface area (Å²) in [6, 6.07) is 15.4. The molecule has 0 unspecified atom stereocenters. The number of aromatic nitrogens is 3. The van der Waals surface area contributed by atoms with E-state index in [9.17, 15) is 4.79 Å². The Hall–Kier alpha value is -2.41. The number of hydrogen-bond acceptors (Lipinski definition) is 4. The van der Waals surface area contributed by atoms with Crippen molar-refractivity contribution < 1.29 is 4.79 Å². The monoisotopic (exact) mass is 430 g/mol. The van der Waals surface area contributed by atoms with Crippen LogP contribution in [0, 0.1) is 6.92 Å². The van der Waals surface area contributed by atoms with Gasteiger partial charge >= 0.3 is 0 Å². The van der Waals surface area contributed by atoms with Crippen molar-refractivity contribution in [1.82, 2.24) is 20.1 Å². The molecule has 8 heteroatoms. The second-order valence-corrected chi connectivity index (χ2v) is 8.14. The van der Waals surface area contributed by atoms with E-state index in [1.165, 1.54) is 0 Å². The number of nitrogens with zero attached hydrogens (tertiary/aromatic N) is 3. The third-order valence-corrected chi connectivity index (χ3v) is 6.10. The highest BCUT2D eigenvalue weighted by atomic mass is 35.5. The van der Waals surface area contributed by atoms with E-state index < -0.39 is 0 Å². The maximum Gasteiger partial charge on any atom is 0.256 e. The first-order valence-electron chi connectivity index (χ1n) is 8.62. The molecule has 2 aromatic carbocycles. The molecule has 0 aliphatic heterocycles. The number of rotatable bonds is 5. The van der Waals surface area contributed by atoms with Gasteiger partial charge in [-0.3, -0.25) is 4.79 Å². The van der Waals surface area contributed by atoms with E-state index in [2.05, 4.69) is 15.4 Å². The highest BCUT2D eigenvalue weighted by molar-refractivity contribution is 7.18. The third-order valence-electron chi connectivity index (χ3n) is 4.31. The Kier molecular flexibility index (Phi) is 5.35. The van der Waals surface area contributed by atoms with E-state index in [1.54, 1.807) is 22.9 Å². The summed E-state index contributed by atoms with van der Waals surface area (Å²) in [6.45, 7) is 2.50. The fraction of sp³-hybridized carbons (Fsp3) is 0.150. The van der Waals surface area contributed by atoms with Gasteiger partial charge in [-0.2, -0.15) is 5.10 Å². The molecule has 0 fully saturated rings. The Balaban J connectivity index is 1.51. The number of benzene rings is 2. The van der Waals surface area contributed by atoms with Crippen molar-refractivity contribution in [3.8, 4) is 0 Å². The Bertz CT molecular complexity index is 1140. The zero-order chi connectivity index (χ0) is 19.7. The second kappa shape index (κ2) is 7.91. The maximum atomic E-state index is 12.7. The number of carbonyl (C=O) groups excluding carboxylic acids is 1. The Labute approximate surface area is 175 Å². The number of halogens is 2. The molecule has 0 saturated carbocycles. The molecule has 0 spiro atoms. The molecule has 0 bridgehead atoms. The molecule has 5 nitrogen and oxygen atoms in total. The average Bonchev–Trinajstić information content (AvgIpc) is 3.22. The van der Waals surface area contributed by atoms with Gasteiger partial charge in [-0.25, -0.2) is 9.67 Å². The van der Waals surface area contributed by atoms with Crippen LogP contribution >= 0.6 is 34.5 Å². The van der Waals surface area contributed by atoms with Crippen molar-refractivity contribution in [2.75, 3.05) is 0 Å². The van der Waals surface area contributed by atoms with Crippen LogP contribution in [-0.2, 0) is 13.1 Å². The smallest absolute Gasteiger partial charge is 0.256 e. The van der Waals surface area contributed by atoms with E-state index in [0.717, 1.165) is 20.8 Å².